The van der Waals surface area contributed by atoms with Gasteiger partial charge in [0.05, 0.1) is 25.4 Å². The van der Waals surface area contributed by atoms with E-state index in [1.54, 1.807) is 6.92 Å². The zero-order chi connectivity index (χ0) is 26.3. The van der Waals surface area contributed by atoms with Crippen LogP contribution in [-0.2, 0) is 18.4 Å². The van der Waals surface area contributed by atoms with Crippen molar-refractivity contribution in [2.75, 3.05) is 19.8 Å². The molecule has 0 aromatic heterocycles. The Morgan fingerprint density at radius 1 is 1.00 bits per heavy atom. The van der Waals surface area contributed by atoms with Gasteiger partial charge >= 0.3 is 5.97 Å². The van der Waals surface area contributed by atoms with Crippen molar-refractivity contribution in [1.82, 2.24) is 0 Å². The Kier molecular flexibility index (Phi) is 12.2. The van der Waals surface area contributed by atoms with Crippen molar-refractivity contribution in [1.29, 1.82) is 0 Å². The SMILES string of the molecule is CCOC(=O)/C=C/[C@](O)(CCO)[C@H](O)C[C@H](CO[Si](C)(C)C(C)(C)C)O[Si](C)(C)C(C)(C)C. The summed E-state index contributed by atoms with van der Waals surface area (Å²) in [7, 11) is -4.26. The molecule has 0 unspecified atom stereocenters. The molecular weight excluding hydrogens is 456 g/mol. The first kappa shape index (κ1) is 32.4. The quantitative estimate of drug-likeness (QED) is 0.193. The van der Waals surface area contributed by atoms with Gasteiger partial charge in [0.15, 0.2) is 16.6 Å². The Balaban J connectivity index is 5.82. The van der Waals surface area contributed by atoms with Gasteiger partial charge in [0.1, 0.15) is 5.60 Å². The average Bonchev–Trinajstić information content (AvgIpc) is 2.63. The Morgan fingerprint density at radius 2 is 1.52 bits per heavy atom. The van der Waals surface area contributed by atoms with E-state index in [0.717, 1.165) is 6.08 Å². The molecule has 7 nitrogen and oxygen atoms in total. The molecule has 3 N–H and O–H groups in total. The van der Waals surface area contributed by atoms with Gasteiger partial charge in [0.2, 0.25) is 0 Å². The summed E-state index contributed by atoms with van der Waals surface area (Å²) in [5, 5.41) is 31.6. The second-order valence-electron chi connectivity index (χ2n) is 11.9. The van der Waals surface area contributed by atoms with Gasteiger partial charge in [0.25, 0.3) is 0 Å². The fourth-order valence-electron chi connectivity index (χ4n) is 2.66. The molecule has 0 aromatic carbocycles. The third-order valence-corrected chi connectivity index (χ3v) is 16.1. The number of carbonyl (C=O) groups excluding carboxylic acids is 1. The highest BCUT2D eigenvalue weighted by molar-refractivity contribution is 6.74. The van der Waals surface area contributed by atoms with Crippen LogP contribution in [0.5, 0.6) is 0 Å². The first-order chi connectivity index (χ1) is 14.7. The molecule has 0 aliphatic carbocycles. The highest BCUT2D eigenvalue weighted by atomic mass is 28.4. The summed E-state index contributed by atoms with van der Waals surface area (Å²) < 4.78 is 17.9. The lowest BCUT2D eigenvalue weighted by Crippen LogP contribution is -2.51. The van der Waals surface area contributed by atoms with Crippen molar-refractivity contribution in [3.63, 3.8) is 0 Å². The van der Waals surface area contributed by atoms with Crippen LogP contribution in [0.2, 0.25) is 36.3 Å². The minimum atomic E-state index is -2.20. The van der Waals surface area contributed by atoms with Crippen LogP contribution in [0.4, 0.5) is 0 Å². The molecule has 0 bridgehead atoms. The fourth-order valence-corrected chi connectivity index (χ4v) is 5.04. The van der Waals surface area contributed by atoms with Gasteiger partial charge < -0.3 is 28.9 Å². The van der Waals surface area contributed by atoms with Crippen molar-refractivity contribution >= 4 is 22.6 Å². The first-order valence-corrected chi connectivity index (χ1v) is 17.7. The van der Waals surface area contributed by atoms with Crippen LogP contribution in [0.3, 0.4) is 0 Å². The normalized spacial score (nSPS) is 17.6. The summed E-state index contributed by atoms with van der Waals surface area (Å²) in [6.07, 6.45) is 0.566. The molecule has 0 aliphatic heterocycles. The summed E-state index contributed by atoms with van der Waals surface area (Å²) in [4.78, 5) is 11.7. The standard InChI is InChI=1S/C24H50O7Si2/c1-12-29-21(27)13-14-24(28,15-16-25)20(26)17-19(31-33(10,11)23(5,6)7)18-30-32(8,9)22(2,3)4/h13-14,19-20,25-26,28H,12,15-18H2,1-11H3/b14-13+/t19-,20-,24+/m1/s1. The molecular formula is C24H50O7Si2. The molecule has 0 saturated carbocycles. The third kappa shape index (κ3) is 10.3. The zero-order valence-electron chi connectivity index (χ0n) is 22.8. The van der Waals surface area contributed by atoms with Gasteiger partial charge in [-0.15, -0.1) is 0 Å². The number of aliphatic hydroxyl groups excluding tert-OH is 2. The highest BCUT2D eigenvalue weighted by Gasteiger charge is 2.43. The number of aliphatic hydroxyl groups is 3. The molecule has 0 radical (unpaired) electrons. The van der Waals surface area contributed by atoms with Gasteiger partial charge in [-0.3, -0.25) is 0 Å². The predicted molar refractivity (Wildman–Crippen MR) is 138 cm³/mol. The van der Waals surface area contributed by atoms with Gasteiger partial charge in [0, 0.05) is 25.5 Å². The van der Waals surface area contributed by atoms with Crippen molar-refractivity contribution in [3.8, 4) is 0 Å². The van der Waals surface area contributed by atoms with Crippen LogP contribution in [0, 0.1) is 0 Å². The molecule has 0 saturated heterocycles. The number of hydrogen-bond donors (Lipinski definition) is 3. The Bertz CT molecular complexity index is 636. The van der Waals surface area contributed by atoms with E-state index in [4.69, 9.17) is 13.6 Å². The van der Waals surface area contributed by atoms with Crippen molar-refractivity contribution in [2.45, 2.75) is 115 Å². The molecule has 9 heteroatoms. The molecule has 3 atom stereocenters. The van der Waals surface area contributed by atoms with Crippen molar-refractivity contribution < 1.29 is 33.7 Å². The van der Waals surface area contributed by atoms with Gasteiger partial charge in [-0.2, -0.15) is 0 Å². The minimum Gasteiger partial charge on any atom is -0.463 e. The maximum Gasteiger partial charge on any atom is 0.330 e. The number of hydrogen-bond acceptors (Lipinski definition) is 7. The smallest absolute Gasteiger partial charge is 0.330 e. The zero-order valence-corrected chi connectivity index (χ0v) is 24.8. The van der Waals surface area contributed by atoms with Crippen LogP contribution in [-0.4, -0.2) is 75.6 Å². The molecule has 0 fully saturated rings. The van der Waals surface area contributed by atoms with E-state index in [2.05, 4.69) is 67.7 Å². The second-order valence-corrected chi connectivity index (χ2v) is 21.4. The fraction of sp³-hybridized carbons (Fsp3) is 0.875. The summed E-state index contributed by atoms with van der Waals surface area (Å²) >= 11 is 0. The van der Waals surface area contributed by atoms with Gasteiger partial charge in [-0.1, -0.05) is 41.5 Å². The summed E-state index contributed by atoms with van der Waals surface area (Å²) in [5.41, 5.74) is -1.80. The lowest BCUT2D eigenvalue weighted by atomic mass is 9.89. The lowest BCUT2D eigenvalue weighted by molar-refractivity contribution is -0.137. The minimum absolute atomic E-state index is 0.0210. The molecule has 0 rings (SSSR count). The van der Waals surface area contributed by atoms with E-state index in [-0.39, 0.29) is 36.1 Å². The van der Waals surface area contributed by atoms with Crippen LogP contribution in [0.25, 0.3) is 0 Å². The van der Waals surface area contributed by atoms with Crippen LogP contribution < -0.4 is 0 Å². The summed E-state index contributed by atoms with van der Waals surface area (Å²) in [6, 6.07) is 0. The van der Waals surface area contributed by atoms with Crippen LogP contribution in [0.1, 0.15) is 61.3 Å². The topological polar surface area (TPSA) is 105 Å². The molecule has 0 spiro atoms. The molecule has 0 amide bonds. The van der Waals surface area contributed by atoms with Crippen molar-refractivity contribution in [2.24, 2.45) is 0 Å². The average molecular weight is 507 g/mol. The van der Waals surface area contributed by atoms with E-state index in [9.17, 15) is 20.1 Å². The molecule has 0 aliphatic rings. The predicted octanol–water partition coefficient (Wildman–Crippen LogP) is 4.38. The number of esters is 1. The summed E-state index contributed by atoms with van der Waals surface area (Å²) in [6.45, 7) is 23.4. The number of carbonyl (C=O) groups is 1. The van der Waals surface area contributed by atoms with E-state index in [1.807, 2.05) is 0 Å². The van der Waals surface area contributed by atoms with E-state index >= 15 is 0 Å². The molecule has 33 heavy (non-hydrogen) atoms. The first-order valence-electron chi connectivity index (χ1n) is 11.9. The monoisotopic (exact) mass is 506 g/mol. The van der Waals surface area contributed by atoms with Crippen molar-refractivity contribution in [3.05, 3.63) is 12.2 Å². The van der Waals surface area contributed by atoms with Gasteiger partial charge in [-0.25, -0.2) is 4.79 Å². The lowest BCUT2D eigenvalue weighted by Gasteiger charge is -2.43. The Hall–Kier alpha value is -0.556. The van der Waals surface area contributed by atoms with Crippen LogP contribution in [0.15, 0.2) is 12.2 Å². The van der Waals surface area contributed by atoms with E-state index in [1.165, 1.54) is 6.08 Å². The Labute approximate surface area is 203 Å². The summed E-state index contributed by atoms with van der Waals surface area (Å²) in [5.74, 6) is -0.614. The van der Waals surface area contributed by atoms with Crippen LogP contribution >= 0.6 is 0 Å². The molecule has 0 aromatic rings. The Morgan fingerprint density at radius 3 is 1.94 bits per heavy atom. The van der Waals surface area contributed by atoms with Gasteiger partial charge in [-0.05, 0) is 49.3 Å². The van der Waals surface area contributed by atoms with E-state index < -0.39 is 40.4 Å². The number of rotatable bonds is 13. The van der Waals surface area contributed by atoms with E-state index in [0.29, 0.717) is 6.61 Å². The number of ether oxygens (including phenoxy) is 1. The maximum absolute atomic E-state index is 11.7. The molecule has 196 valence electrons. The third-order valence-electron chi connectivity index (χ3n) is 7.07. The maximum atomic E-state index is 11.7. The highest BCUT2D eigenvalue weighted by Crippen LogP contribution is 2.40. The largest absolute Gasteiger partial charge is 0.463 e. The molecule has 0 heterocycles. The second kappa shape index (κ2) is 12.4.